The highest BCUT2D eigenvalue weighted by atomic mass is 79.9. The molecule has 0 amide bonds. The first-order chi connectivity index (χ1) is 14.8. The molecule has 2 aliphatic rings. The molecule has 1 heteroatoms. The zero-order chi connectivity index (χ0) is 19.9. The van der Waals surface area contributed by atoms with Gasteiger partial charge < -0.3 is 0 Å². The number of fused-ring (bicyclic) bond motifs is 12. The van der Waals surface area contributed by atoms with Crippen molar-refractivity contribution in [3.63, 3.8) is 0 Å². The molecular formula is C29H17Br. The fraction of sp³-hybridized carbons (Fsp3) is 0.0345. The molecule has 0 radical (unpaired) electrons. The van der Waals surface area contributed by atoms with Crippen LogP contribution < -0.4 is 0 Å². The second-order valence-electron chi connectivity index (χ2n) is 8.21. The summed E-state index contributed by atoms with van der Waals surface area (Å²) in [6.07, 6.45) is 0. The first kappa shape index (κ1) is 16.6. The van der Waals surface area contributed by atoms with Crippen molar-refractivity contribution in [2.75, 3.05) is 0 Å². The highest BCUT2D eigenvalue weighted by Gasteiger charge is 2.52. The van der Waals surface area contributed by atoms with Gasteiger partial charge in [0.1, 0.15) is 0 Å². The monoisotopic (exact) mass is 444 g/mol. The molecule has 1 spiro atoms. The van der Waals surface area contributed by atoms with Gasteiger partial charge in [-0.15, -0.1) is 0 Å². The summed E-state index contributed by atoms with van der Waals surface area (Å²) in [6, 6.07) is 38.0. The van der Waals surface area contributed by atoms with Crippen molar-refractivity contribution in [2.24, 2.45) is 0 Å². The average Bonchev–Trinajstić information content (AvgIpc) is 3.27. The molecule has 0 bridgehead atoms. The smallest absolute Gasteiger partial charge is 0.0619 e. The molecule has 0 unspecified atom stereocenters. The van der Waals surface area contributed by atoms with Crippen LogP contribution >= 0.6 is 15.9 Å². The minimum Gasteiger partial charge on any atom is -0.0619 e. The van der Waals surface area contributed by atoms with E-state index in [2.05, 4.69) is 119 Å². The van der Waals surface area contributed by atoms with Crippen molar-refractivity contribution in [2.45, 2.75) is 5.41 Å². The predicted octanol–water partition coefficient (Wildman–Crippen LogP) is 7.95. The van der Waals surface area contributed by atoms with Crippen LogP contribution in [-0.4, -0.2) is 0 Å². The lowest BCUT2D eigenvalue weighted by Gasteiger charge is -2.31. The van der Waals surface area contributed by atoms with Crippen molar-refractivity contribution in [3.8, 4) is 22.3 Å². The van der Waals surface area contributed by atoms with Gasteiger partial charge in [0, 0.05) is 4.47 Å². The topological polar surface area (TPSA) is 0 Å². The molecule has 0 heterocycles. The molecule has 7 rings (SSSR count). The first-order valence-electron chi connectivity index (χ1n) is 10.3. The second kappa shape index (κ2) is 5.71. The highest BCUT2D eigenvalue weighted by molar-refractivity contribution is 9.10. The summed E-state index contributed by atoms with van der Waals surface area (Å²) in [5, 5.41) is 2.62. The Kier molecular flexibility index (Phi) is 3.16. The van der Waals surface area contributed by atoms with Crippen LogP contribution in [0.1, 0.15) is 22.3 Å². The molecule has 30 heavy (non-hydrogen) atoms. The van der Waals surface area contributed by atoms with Gasteiger partial charge in [-0.25, -0.2) is 0 Å². The molecule has 0 saturated carbocycles. The maximum Gasteiger partial charge on any atom is 0.0736 e. The minimum atomic E-state index is -0.290. The van der Waals surface area contributed by atoms with Crippen LogP contribution in [0.5, 0.6) is 0 Å². The van der Waals surface area contributed by atoms with Crippen molar-refractivity contribution in [1.29, 1.82) is 0 Å². The van der Waals surface area contributed by atoms with E-state index >= 15 is 0 Å². The molecule has 5 aromatic rings. The zero-order valence-corrected chi connectivity index (χ0v) is 17.8. The van der Waals surface area contributed by atoms with E-state index in [1.54, 1.807) is 0 Å². The van der Waals surface area contributed by atoms with Crippen LogP contribution in [0.3, 0.4) is 0 Å². The van der Waals surface area contributed by atoms with Gasteiger partial charge in [-0.2, -0.15) is 0 Å². The van der Waals surface area contributed by atoms with Gasteiger partial charge in [-0.05, 0) is 61.3 Å². The van der Waals surface area contributed by atoms with E-state index in [1.165, 1.54) is 59.8 Å². The van der Waals surface area contributed by atoms with Gasteiger partial charge in [0.25, 0.3) is 0 Å². The van der Waals surface area contributed by atoms with E-state index in [0.29, 0.717) is 0 Å². The van der Waals surface area contributed by atoms with Crippen molar-refractivity contribution >= 4 is 26.7 Å². The van der Waals surface area contributed by atoms with E-state index < -0.39 is 0 Å². The Morgan fingerprint density at radius 3 is 1.90 bits per heavy atom. The lowest BCUT2D eigenvalue weighted by molar-refractivity contribution is 0.790. The van der Waals surface area contributed by atoms with Gasteiger partial charge in [0.05, 0.1) is 5.41 Å². The molecule has 5 aromatic carbocycles. The Bertz CT molecular complexity index is 1460. The molecule has 0 N–H and O–H groups in total. The maximum atomic E-state index is 3.96. The maximum absolute atomic E-state index is 3.96. The Morgan fingerprint density at radius 1 is 0.500 bits per heavy atom. The molecule has 0 saturated heterocycles. The third-order valence-electron chi connectivity index (χ3n) is 6.94. The van der Waals surface area contributed by atoms with Crippen LogP contribution in [0.25, 0.3) is 33.0 Å². The van der Waals surface area contributed by atoms with E-state index in [1.807, 2.05) is 0 Å². The minimum absolute atomic E-state index is 0.290. The summed E-state index contributed by atoms with van der Waals surface area (Å²) in [5.41, 5.74) is 10.6. The van der Waals surface area contributed by atoms with Crippen molar-refractivity contribution in [3.05, 3.63) is 130 Å². The van der Waals surface area contributed by atoms with E-state index in [-0.39, 0.29) is 5.41 Å². The summed E-state index contributed by atoms with van der Waals surface area (Å²) >= 11 is 3.96. The lowest BCUT2D eigenvalue weighted by Crippen LogP contribution is -2.26. The molecule has 0 aliphatic heterocycles. The summed E-state index contributed by atoms with van der Waals surface area (Å²) < 4.78 is 1.17. The molecule has 0 aromatic heterocycles. The third kappa shape index (κ3) is 1.79. The van der Waals surface area contributed by atoms with Crippen LogP contribution in [0.2, 0.25) is 0 Å². The van der Waals surface area contributed by atoms with Gasteiger partial charge >= 0.3 is 0 Å². The summed E-state index contributed by atoms with van der Waals surface area (Å²) in [6.45, 7) is 0. The third-order valence-corrected chi connectivity index (χ3v) is 7.60. The predicted molar refractivity (Wildman–Crippen MR) is 128 cm³/mol. The lowest BCUT2D eigenvalue weighted by atomic mass is 9.70. The highest BCUT2D eigenvalue weighted by Crippen LogP contribution is 2.64. The number of hydrogen-bond acceptors (Lipinski definition) is 0. The summed E-state index contributed by atoms with van der Waals surface area (Å²) in [4.78, 5) is 0. The number of halogens is 1. The molecule has 0 nitrogen and oxygen atoms in total. The van der Waals surface area contributed by atoms with Gasteiger partial charge in [-0.3, -0.25) is 0 Å². The van der Waals surface area contributed by atoms with Gasteiger partial charge in [0.2, 0.25) is 0 Å². The summed E-state index contributed by atoms with van der Waals surface area (Å²) in [7, 11) is 0. The van der Waals surface area contributed by atoms with Crippen molar-refractivity contribution in [1.82, 2.24) is 0 Å². The van der Waals surface area contributed by atoms with Gasteiger partial charge in [-0.1, -0.05) is 113 Å². The standard InChI is InChI=1S/C29H17Br/c30-26-15-7-12-22-27-19-9-2-1-8-18(19)16-17-25(27)29(28(22)26)23-13-5-3-10-20(23)21-11-4-6-14-24(21)29/h1-17H. The summed E-state index contributed by atoms with van der Waals surface area (Å²) in [5.74, 6) is 0. The second-order valence-corrected chi connectivity index (χ2v) is 9.07. The Balaban J connectivity index is 1.78. The Hall–Kier alpha value is -3.16. The largest absolute Gasteiger partial charge is 0.0736 e. The molecular weight excluding hydrogens is 428 g/mol. The van der Waals surface area contributed by atoms with Crippen LogP contribution in [0.15, 0.2) is 108 Å². The first-order valence-corrected chi connectivity index (χ1v) is 11.1. The number of hydrogen-bond donors (Lipinski definition) is 0. The quantitative estimate of drug-likeness (QED) is 0.222. The fourth-order valence-corrected chi connectivity index (χ4v) is 6.58. The van der Waals surface area contributed by atoms with E-state index in [0.717, 1.165) is 0 Å². The fourth-order valence-electron chi connectivity index (χ4n) is 5.92. The number of rotatable bonds is 0. The van der Waals surface area contributed by atoms with E-state index in [9.17, 15) is 0 Å². The van der Waals surface area contributed by atoms with Crippen LogP contribution in [-0.2, 0) is 5.41 Å². The van der Waals surface area contributed by atoms with Crippen LogP contribution in [0.4, 0.5) is 0 Å². The molecule has 140 valence electrons. The zero-order valence-electron chi connectivity index (χ0n) is 16.2. The Labute approximate surface area is 184 Å². The van der Waals surface area contributed by atoms with E-state index in [4.69, 9.17) is 0 Å². The van der Waals surface area contributed by atoms with Crippen molar-refractivity contribution < 1.29 is 0 Å². The normalized spacial score (nSPS) is 14.4. The molecule has 2 aliphatic carbocycles. The SMILES string of the molecule is Brc1cccc2c1C1(c3ccccc3-c3ccccc31)c1ccc3ccccc3c1-2. The molecule has 0 fully saturated rings. The van der Waals surface area contributed by atoms with Crippen LogP contribution in [0, 0.1) is 0 Å². The Morgan fingerprint density at radius 2 is 1.13 bits per heavy atom. The van der Waals surface area contributed by atoms with Gasteiger partial charge in [0.15, 0.2) is 0 Å². The average molecular weight is 445 g/mol. The molecule has 0 atom stereocenters. The number of benzene rings is 5.